The van der Waals surface area contributed by atoms with Crippen LogP contribution >= 0.6 is 34.9 Å². The molecule has 32 heavy (non-hydrogen) atoms. The lowest BCUT2D eigenvalue weighted by molar-refractivity contribution is -0.159. The van der Waals surface area contributed by atoms with Gasteiger partial charge in [0, 0.05) is 17.7 Å². The number of aromatic nitrogens is 1. The Hall–Kier alpha value is -1.88. The highest BCUT2D eigenvalue weighted by Gasteiger charge is 2.15. The fourth-order valence-corrected chi connectivity index (χ4v) is 5.24. The molecular weight excluding hydrogens is 468 g/mol. The van der Waals surface area contributed by atoms with E-state index in [2.05, 4.69) is 24.0 Å². The molecule has 0 aliphatic heterocycles. The van der Waals surface area contributed by atoms with Crippen molar-refractivity contribution in [2.75, 3.05) is 37.9 Å². The fraction of sp³-hybridized carbons (Fsp3) is 0.455. The number of rotatable bonds is 13. The molecule has 0 aliphatic rings. The van der Waals surface area contributed by atoms with Crippen LogP contribution in [0.3, 0.4) is 0 Å². The summed E-state index contributed by atoms with van der Waals surface area (Å²) in [6.07, 6.45) is 7.03. The van der Waals surface area contributed by atoms with Gasteiger partial charge in [0.15, 0.2) is 0 Å². The van der Waals surface area contributed by atoms with Gasteiger partial charge in [0.2, 0.25) is 5.78 Å². The Balaban J connectivity index is 0.000000751. The standard InChI is InChI=1S/C20H28N2OS3.C2H2O4/c1-22(2)12-5-3-4-6-13-24-15-16-26-20-17(9-7-11-21-20)19(23)18-10-8-14-25-18;3-1(4)2(5)6/h7-11,14H,3-6,12-13,15-16H2,1-2H3;(H,3,4)(H,5,6). The van der Waals surface area contributed by atoms with Gasteiger partial charge >= 0.3 is 11.9 Å². The third-order valence-electron chi connectivity index (χ3n) is 4.05. The maximum Gasteiger partial charge on any atom is 0.414 e. The number of carboxylic acids is 2. The number of pyridine rings is 1. The molecule has 2 N–H and O–H groups in total. The van der Waals surface area contributed by atoms with Crippen molar-refractivity contribution in [3.05, 3.63) is 46.3 Å². The van der Waals surface area contributed by atoms with E-state index in [1.807, 2.05) is 41.4 Å². The van der Waals surface area contributed by atoms with Gasteiger partial charge < -0.3 is 15.1 Å². The second kappa shape index (κ2) is 16.7. The highest BCUT2D eigenvalue weighted by molar-refractivity contribution is 8.02. The first-order chi connectivity index (χ1) is 15.3. The van der Waals surface area contributed by atoms with E-state index in [4.69, 9.17) is 19.8 Å². The molecule has 0 saturated carbocycles. The molecule has 0 atom stereocenters. The molecule has 0 radical (unpaired) electrons. The minimum atomic E-state index is -1.82. The van der Waals surface area contributed by atoms with E-state index in [-0.39, 0.29) is 5.78 Å². The molecule has 0 saturated heterocycles. The summed E-state index contributed by atoms with van der Waals surface area (Å²) >= 11 is 5.19. The van der Waals surface area contributed by atoms with Crippen LogP contribution in [0, 0.1) is 0 Å². The topological polar surface area (TPSA) is 108 Å². The molecule has 0 unspecified atom stereocenters. The van der Waals surface area contributed by atoms with Crippen molar-refractivity contribution in [2.24, 2.45) is 0 Å². The van der Waals surface area contributed by atoms with Crippen LogP contribution in [-0.4, -0.2) is 75.7 Å². The lowest BCUT2D eigenvalue weighted by Crippen LogP contribution is -2.12. The number of carbonyl (C=O) groups is 3. The highest BCUT2D eigenvalue weighted by atomic mass is 32.2. The zero-order chi connectivity index (χ0) is 23.8. The lowest BCUT2D eigenvalue weighted by Gasteiger charge is -2.08. The van der Waals surface area contributed by atoms with Gasteiger partial charge in [-0.05, 0) is 62.8 Å². The summed E-state index contributed by atoms with van der Waals surface area (Å²) in [6, 6.07) is 7.52. The Labute approximate surface area is 201 Å². The summed E-state index contributed by atoms with van der Waals surface area (Å²) < 4.78 is 0. The smallest absolute Gasteiger partial charge is 0.414 e. The first kappa shape index (κ1) is 28.2. The highest BCUT2D eigenvalue weighted by Crippen LogP contribution is 2.25. The van der Waals surface area contributed by atoms with Crippen LogP contribution in [0.2, 0.25) is 0 Å². The summed E-state index contributed by atoms with van der Waals surface area (Å²) in [6.45, 7) is 1.19. The normalized spacial score (nSPS) is 10.5. The van der Waals surface area contributed by atoms with Gasteiger partial charge in [-0.2, -0.15) is 11.8 Å². The maximum atomic E-state index is 12.6. The van der Waals surface area contributed by atoms with Crippen LogP contribution in [-0.2, 0) is 9.59 Å². The van der Waals surface area contributed by atoms with E-state index >= 15 is 0 Å². The second-order valence-electron chi connectivity index (χ2n) is 6.95. The minimum absolute atomic E-state index is 0.0842. The van der Waals surface area contributed by atoms with E-state index in [1.165, 1.54) is 49.3 Å². The number of aliphatic carboxylic acids is 2. The van der Waals surface area contributed by atoms with Gasteiger partial charge in [0.25, 0.3) is 0 Å². The number of thioether (sulfide) groups is 2. The van der Waals surface area contributed by atoms with E-state index in [9.17, 15) is 4.79 Å². The second-order valence-corrected chi connectivity index (χ2v) is 10.2. The van der Waals surface area contributed by atoms with Crippen molar-refractivity contribution in [3.8, 4) is 0 Å². The predicted molar refractivity (Wildman–Crippen MR) is 132 cm³/mol. The quantitative estimate of drug-likeness (QED) is 0.179. The number of hydrogen-bond acceptors (Lipinski definition) is 8. The average molecular weight is 499 g/mol. The first-order valence-electron chi connectivity index (χ1n) is 10.2. The molecule has 0 spiro atoms. The van der Waals surface area contributed by atoms with E-state index in [0.717, 1.165) is 27.0 Å². The molecule has 2 rings (SSSR count). The third-order valence-corrected chi connectivity index (χ3v) is 7.26. The maximum absolute atomic E-state index is 12.6. The molecule has 0 amide bonds. The molecule has 7 nitrogen and oxygen atoms in total. The summed E-state index contributed by atoms with van der Waals surface area (Å²) in [5.41, 5.74) is 0.728. The zero-order valence-corrected chi connectivity index (χ0v) is 20.8. The molecule has 10 heteroatoms. The van der Waals surface area contributed by atoms with Gasteiger partial charge in [-0.1, -0.05) is 18.9 Å². The van der Waals surface area contributed by atoms with E-state index in [1.54, 1.807) is 18.0 Å². The van der Waals surface area contributed by atoms with E-state index < -0.39 is 11.9 Å². The van der Waals surface area contributed by atoms with E-state index in [0.29, 0.717) is 0 Å². The average Bonchev–Trinajstić information content (AvgIpc) is 3.30. The Kier molecular flexibility index (Phi) is 14.7. The third kappa shape index (κ3) is 12.2. The summed E-state index contributed by atoms with van der Waals surface area (Å²) in [5, 5.41) is 17.6. The number of hydrogen-bond donors (Lipinski definition) is 2. The molecule has 176 valence electrons. The summed E-state index contributed by atoms with van der Waals surface area (Å²) in [7, 11) is 4.27. The van der Waals surface area contributed by atoms with Crippen molar-refractivity contribution in [1.29, 1.82) is 0 Å². The largest absolute Gasteiger partial charge is 0.473 e. The van der Waals surface area contributed by atoms with Crippen LogP contribution in [0.4, 0.5) is 0 Å². The van der Waals surface area contributed by atoms with Crippen LogP contribution < -0.4 is 0 Å². The van der Waals surface area contributed by atoms with Crippen molar-refractivity contribution >= 4 is 52.6 Å². The minimum Gasteiger partial charge on any atom is -0.473 e. The Morgan fingerprint density at radius 1 is 0.969 bits per heavy atom. The number of nitrogens with zero attached hydrogens (tertiary/aromatic N) is 2. The Morgan fingerprint density at radius 2 is 1.69 bits per heavy atom. The molecular formula is C22H30N2O5S3. The Bertz CT molecular complexity index is 817. The zero-order valence-electron chi connectivity index (χ0n) is 18.4. The number of unbranched alkanes of at least 4 members (excludes halogenated alkanes) is 3. The van der Waals surface area contributed by atoms with Gasteiger partial charge in [-0.15, -0.1) is 23.1 Å². The number of ketones is 1. The van der Waals surface area contributed by atoms with Crippen molar-refractivity contribution in [2.45, 2.75) is 30.7 Å². The molecule has 2 aromatic rings. The van der Waals surface area contributed by atoms with Crippen molar-refractivity contribution in [3.63, 3.8) is 0 Å². The summed E-state index contributed by atoms with van der Waals surface area (Å²) in [5.74, 6) is -0.240. The van der Waals surface area contributed by atoms with Crippen LogP contribution in [0.1, 0.15) is 40.9 Å². The predicted octanol–water partition coefficient (Wildman–Crippen LogP) is 4.48. The number of carbonyl (C=O) groups excluding carboxylic acids is 1. The van der Waals surface area contributed by atoms with Gasteiger partial charge in [0.05, 0.1) is 10.4 Å². The molecule has 0 aliphatic carbocycles. The van der Waals surface area contributed by atoms with Gasteiger partial charge in [0.1, 0.15) is 5.03 Å². The van der Waals surface area contributed by atoms with Crippen LogP contribution in [0.25, 0.3) is 0 Å². The van der Waals surface area contributed by atoms with Crippen molar-refractivity contribution < 1.29 is 24.6 Å². The SMILES string of the molecule is CN(C)CCCCCCSCCSc1ncccc1C(=O)c1cccs1.O=C(O)C(=O)O. The fourth-order valence-electron chi connectivity index (χ4n) is 2.50. The van der Waals surface area contributed by atoms with Crippen LogP contribution in [0.15, 0.2) is 40.9 Å². The molecule has 0 bridgehead atoms. The number of carboxylic acid groups (broad SMARTS) is 2. The van der Waals surface area contributed by atoms with Crippen LogP contribution in [0.5, 0.6) is 0 Å². The first-order valence-corrected chi connectivity index (χ1v) is 13.2. The Morgan fingerprint density at radius 3 is 2.31 bits per heavy atom. The number of thiophene rings is 1. The van der Waals surface area contributed by atoms with Gasteiger partial charge in [-0.25, -0.2) is 14.6 Å². The molecule has 2 heterocycles. The van der Waals surface area contributed by atoms with Gasteiger partial charge in [-0.3, -0.25) is 4.79 Å². The van der Waals surface area contributed by atoms with Crippen molar-refractivity contribution in [1.82, 2.24) is 9.88 Å². The molecule has 2 aromatic heterocycles. The molecule has 0 fully saturated rings. The monoisotopic (exact) mass is 498 g/mol. The lowest BCUT2D eigenvalue weighted by atomic mass is 10.1. The molecule has 0 aromatic carbocycles. The summed E-state index contributed by atoms with van der Waals surface area (Å²) in [4.78, 5) is 38.2.